The lowest BCUT2D eigenvalue weighted by atomic mass is 9.75. The zero-order valence-corrected chi connectivity index (χ0v) is 13.6. The van der Waals surface area contributed by atoms with Crippen LogP contribution < -0.4 is 5.32 Å². The van der Waals surface area contributed by atoms with Crippen molar-refractivity contribution >= 4 is 11.6 Å². The third-order valence-corrected chi connectivity index (χ3v) is 4.92. The number of halogens is 1. The molecule has 1 N–H and O–H groups in total. The fraction of sp³-hybridized carbons (Fsp3) is 0.471. The third kappa shape index (κ3) is 2.99. The second-order valence-corrected chi connectivity index (χ2v) is 6.55. The third-order valence-electron chi connectivity index (χ3n) is 4.68. The van der Waals surface area contributed by atoms with Gasteiger partial charge in [0.05, 0.1) is 6.20 Å². The predicted molar refractivity (Wildman–Crippen MR) is 86.7 cm³/mol. The fourth-order valence-electron chi connectivity index (χ4n) is 3.17. The van der Waals surface area contributed by atoms with E-state index in [1.54, 1.807) is 0 Å². The number of benzene rings is 1. The minimum absolute atomic E-state index is 0.351. The van der Waals surface area contributed by atoms with E-state index in [0.717, 1.165) is 5.02 Å². The molecule has 4 heteroatoms. The highest BCUT2D eigenvalue weighted by molar-refractivity contribution is 6.30. The molecule has 3 rings (SSSR count). The molecule has 1 atom stereocenters. The second kappa shape index (κ2) is 5.82. The van der Waals surface area contributed by atoms with E-state index >= 15 is 0 Å². The predicted octanol–water partition coefficient (Wildman–Crippen LogP) is 3.98. The van der Waals surface area contributed by atoms with Gasteiger partial charge in [0, 0.05) is 35.4 Å². The lowest BCUT2D eigenvalue weighted by Gasteiger charge is -2.38. The van der Waals surface area contributed by atoms with Crippen molar-refractivity contribution in [2.75, 3.05) is 0 Å². The molecule has 1 saturated carbocycles. The highest BCUT2D eigenvalue weighted by Crippen LogP contribution is 2.38. The van der Waals surface area contributed by atoms with Crippen LogP contribution in [0.15, 0.2) is 30.5 Å². The van der Waals surface area contributed by atoms with Gasteiger partial charge in [0.15, 0.2) is 0 Å². The van der Waals surface area contributed by atoms with E-state index in [4.69, 9.17) is 11.6 Å². The SMILES string of the molecule is Cc1c(C(C)NC2CC(c3cccc(Cl)c3)C2)cnn1C. The largest absolute Gasteiger partial charge is 0.307 e. The van der Waals surface area contributed by atoms with Gasteiger partial charge < -0.3 is 5.32 Å². The lowest BCUT2D eigenvalue weighted by molar-refractivity contribution is 0.270. The van der Waals surface area contributed by atoms with Crippen molar-refractivity contribution in [1.29, 1.82) is 0 Å². The van der Waals surface area contributed by atoms with E-state index in [9.17, 15) is 0 Å². The Morgan fingerprint density at radius 1 is 1.38 bits per heavy atom. The Labute approximate surface area is 131 Å². The summed E-state index contributed by atoms with van der Waals surface area (Å²) in [7, 11) is 1.99. The van der Waals surface area contributed by atoms with Crippen LogP contribution in [0.3, 0.4) is 0 Å². The highest BCUT2D eigenvalue weighted by atomic mass is 35.5. The summed E-state index contributed by atoms with van der Waals surface area (Å²) in [6.07, 6.45) is 4.34. The summed E-state index contributed by atoms with van der Waals surface area (Å²) < 4.78 is 1.93. The zero-order chi connectivity index (χ0) is 15.0. The van der Waals surface area contributed by atoms with Gasteiger partial charge in [-0.1, -0.05) is 23.7 Å². The number of aryl methyl sites for hydroxylation is 1. The molecule has 1 aromatic heterocycles. The van der Waals surface area contributed by atoms with Crippen molar-refractivity contribution in [3.05, 3.63) is 52.3 Å². The summed E-state index contributed by atoms with van der Waals surface area (Å²) >= 11 is 6.07. The Hall–Kier alpha value is -1.32. The van der Waals surface area contributed by atoms with Crippen LogP contribution in [0.2, 0.25) is 5.02 Å². The number of rotatable bonds is 4. The number of nitrogens with zero attached hydrogens (tertiary/aromatic N) is 2. The molecule has 1 fully saturated rings. The standard InChI is InChI=1S/C17H22ClN3/c1-11(17-10-19-21(3)12(17)2)20-16-8-14(9-16)13-5-4-6-15(18)7-13/h4-7,10-11,14,16,20H,8-9H2,1-3H3. The molecule has 3 nitrogen and oxygen atoms in total. The van der Waals surface area contributed by atoms with Crippen molar-refractivity contribution in [3.8, 4) is 0 Å². The molecule has 1 aliphatic rings. The van der Waals surface area contributed by atoms with E-state index in [1.807, 2.05) is 30.1 Å². The Bertz CT molecular complexity index is 629. The second-order valence-electron chi connectivity index (χ2n) is 6.12. The van der Waals surface area contributed by atoms with Gasteiger partial charge in [-0.2, -0.15) is 5.10 Å². The van der Waals surface area contributed by atoms with Gasteiger partial charge >= 0.3 is 0 Å². The molecule has 21 heavy (non-hydrogen) atoms. The van der Waals surface area contributed by atoms with E-state index in [1.165, 1.54) is 29.7 Å². The minimum Gasteiger partial charge on any atom is -0.307 e. The van der Waals surface area contributed by atoms with Gasteiger partial charge in [0.2, 0.25) is 0 Å². The van der Waals surface area contributed by atoms with Crippen LogP contribution in [0, 0.1) is 6.92 Å². The molecule has 0 bridgehead atoms. The average molecular weight is 304 g/mol. The Morgan fingerprint density at radius 2 is 2.14 bits per heavy atom. The van der Waals surface area contributed by atoms with Crippen LogP contribution in [0.25, 0.3) is 0 Å². The van der Waals surface area contributed by atoms with E-state index in [0.29, 0.717) is 18.0 Å². The maximum absolute atomic E-state index is 6.07. The highest BCUT2D eigenvalue weighted by Gasteiger charge is 2.31. The molecule has 1 aromatic carbocycles. The smallest absolute Gasteiger partial charge is 0.0540 e. The number of aromatic nitrogens is 2. The van der Waals surface area contributed by atoms with Crippen molar-refractivity contribution in [1.82, 2.24) is 15.1 Å². The molecule has 0 amide bonds. The van der Waals surface area contributed by atoms with E-state index in [-0.39, 0.29) is 0 Å². The maximum atomic E-state index is 6.07. The molecule has 0 radical (unpaired) electrons. The first-order valence-electron chi connectivity index (χ1n) is 7.54. The van der Waals surface area contributed by atoms with Crippen LogP contribution in [0.4, 0.5) is 0 Å². The summed E-state index contributed by atoms with van der Waals surface area (Å²) in [4.78, 5) is 0. The maximum Gasteiger partial charge on any atom is 0.0540 e. The summed E-state index contributed by atoms with van der Waals surface area (Å²) in [5, 5.41) is 8.87. The van der Waals surface area contributed by atoms with E-state index in [2.05, 4.69) is 36.4 Å². The van der Waals surface area contributed by atoms with Crippen LogP contribution in [0.5, 0.6) is 0 Å². The first kappa shape index (κ1) is 14.6. The molecule has 0 saturated heterocycles. The molecule has 2 aromatic rings. The topological polar surface area (TPSA) is 29.9 Å². The van der Waals surface area contributed by atoms with E-state index < -0.39 is 0 Å². The van der Waals surface area contributed by atoms with Crippen LogP contribution in [-0.2, 0) is 7.05 Å². The Balaban J connectivity index is 1.56. The molecule has 0 spiro atoms. The quantitative estimate of drug-likeness (QED) is 0.926. The summed E-state index contributed by atoms with van der Waals surface area (Å²) in [5.41, 5.74) is 3.90. The van der Waals surface area contributed by atoms with Gasteiger partial charge in [-0.05, 0) is 50.3 Å². The number of hydrogen-bond acceptors (Lipinski definition) is 2. The Kier molecular flexibility index (Phi) is 4.05. The molecule has 1 aliphatic carbocycles. The first-order valence-corrected chi connectivity index (χ1v) is 7.92. The molecule has 0 aliphatic heterocycles. The fourth-order valence-corrected chi connectivity index (χ4v) is 3.37. The van der Waals surface area contributed by atoms with Gasteiger partial charge in [-0.15, -0.1) is 0 Å². The minimum atomic E-state index is 0.351. The average Bonchev–Trinajstić information content (AvgIpc) is 2.73. The van der Waals surface area contributed by atoms with Crippen LogP contribution >= 0.6 is 11.6 Å². The van der Waals surface area contributed by atoms with Gasteiger partial charge in [0.25, 0.3) is 0 Å². The normalized spacial score (nSPS) is 22.9. The van der Waals surface area contributed by atoms with Crippen molar-refractivity contribution in [2.45, 2.75) is 44.7 Å². The number of hydrogen-bond donors (Lipinski definition) is 1. The molecule has 112 valence electrons. The summed E-state index contributed by atoms with van der Waals surface area (Å²) in [5.74, 6) is 0.642. The van der Waals surface area contributed by atoms with Gasteiger partial charge in [0.1, 0.15) is 0 Å². The molecule has 1 heterocycles. The first-order chi connectivity index (χ1) is 10.0. The summed E-state index contributed by atoms with van der Waals surface area (Å²) in [6.45, 7) is 4.34. The number of nitrogens with one attached hydrogen (secondary N) is 1. The lowest BCUT2D eigenvalue weighted by Crippen LogP contribution is -2.41. The zero-order valence-electron chi connectivity index (χ0n) is 12.8. The van der Waals surface area contributed by atoms with Crippen LogP contribution in [0.1, 0.15) is 48.5 Å². The van der Waals surface area contributed by atoms with Crippen LogP contribution in [-0.4, -0.2) is 15.8 Å². The van der Waals surface area contributed by atoms with Crippen molar-refractivity contribution in [2.24, 2.45) is 7.05 Å². The molecular weight excluding hydrogens is 282 g/mol. The van der Waals surface area contributed by atoms with Crippen molar-refractivity contribution < 1.29 is 0 Å². The Morgan fingerprint density at radius 3 is 2.76 bits per heavy atom. The van der Waals surface area contributed by atoms with Crippen molar-refractivity contribution in [3.63, 3.8) is 0 Å². The van der Waals surface area contributed by atoms with Gasteiger partial charge in [-0.3, -0.25) is 4.68 Å². The summed E-state index contributed by atoms with van der Waals surface area (Å²) in [6, 6.07) is 9.19. The monoisotopic (exact) mass is 303 g/mol. The van der Waals surface area contributed by atoms with Gasteiger partial charge in [-0.25, -0.2) is 0 Å². The molecular formula is C17H22ClN3. The molecule has 1 unspecified atom stereocenters.